The fourth-order valence-electron chi connectivity index (χ4n) is 2.53. The lowest BCUT2D eigenvalue weighted by molar-refractivity contribution is -0.384. The van der Waals surface area contributed by atoms with Crippen LogP contribution in [0.2, 0.25) is 0 Å². The van der Waals surface area contributed by atoms with Crippen LogP contribution in [0.15, 0.2) is 48.7 Å². The number of aromatic nitrogens is 1. The highest BCUT2D eigenvalue weighted by atomic mass is 16.6. The molecule has 2 amide bonds. The summed E-state index contributed by atoms with van der Waals surface area (Å²) in [4.78, 5) is 41.0. The summed E-state index contributed by atoms with van der Waals surface area (Å²) < 4.78 is 5.33. The standard InChI is InChI=1S/C20H24N4O5/c1-4-14(2)18(19(25)29-17-10-8-16(9-11-17)24(27)28)22-20(26)23(3)13-15-7-5-6-12-21-15/h5-12,14,18H,4,13H2,1-3H3,(H,22,26)/t14-,18-/m0/s1. The topological polar surface area (TPSA) is 115 Å². The average molecular weight is 400 g/mol. The first-order valence-electron chi connectivity index (χ1n) is 9.19. The summed E-state index contributed by atoms with van der Waals surface area (Å²) >= 11 is 0. The summed E-state index contributed by atoms with van der Waals surface area (Å²) in [5.41, 5.74) is 0.617. The predicted octanol–water partition coefficient (Wildman–Crippen LogP) is 3.15. The van der Waals surface area contributed by atoms with Crippen LogP contribution in [0.25, 0.3) is 0 Å². The van der Waals surface area contributed by atoms with Crippen molar-refractivity contribution in [2.75, 3.05) is 7.05 Å². The highest BCUT2D eigenvalue weighted by molar-refractivity contribution is 5.85. The molecule has 0 saturated carbocycles. The van der Waals surface area contributed by atoms with Gasteiger partial charge < -0.3 is 15.0 Å². The molecule has 1 aromatic carbocycles. The first kappa shape index (κ1) is 21.8. The Morgan fingerprint density at radius 1 is 1.24 bits per heavy atom. The van der Waals surface area contributed by atoms with Gasteiger partial charge in [0.2, 0.25) is 0 Å². The number of non-ortho nitro benzene ring substituents is 1. The summed E-state index contributed by atoms with van der Waals surface area (Å²) in [5, 5.41) is 13.4. The number of nitro groups is 1. The molecule has 0 unspecified atom stereocenters. The monoisotopic (exact) mass is 400 g/mol. The van der Waals surface area contributed by atoms with Crippen LogP contribution < -0.4 is 10.1 Å². The van der Waals surface area contributed by atoms with Crippen LogP contribution in [0.5, 0.6) is 5.75 Å². The molecule has 1 N–H and O–H groups in total. The number of pyridine rings is 1. The second-order valence-electron chi connectivity index (χ2n) is 6.66. The molecule has 154 valence electrons. The van der Waals surface area contributed by atoms with E-state index < -0.39 is 23.0 Å². The average Bonchev–Trinajstić information content (AvgIpc) is 2.72. The summed E-state index contributed by atoms with van der Waals surface area (Å²) in [6, 6.07) is 9.32. The smallest absolute Gasteiger partial charge is 0.334 e. The van der Waals surface area contributed by atoms with Gasteiger partial charge in [-0.1, -0.05) is 26.3 Å². The Labute approximate surface area is 168 Å². The number of benzene rings is 1. The summed E-state index contributed by atoms with van der Waals surface area (Å²) in [6.45, 7) is 4.03. The highest BCUT2D eigenvalue weighted by Crippen LogP contribution is 2.19. The van der Waals surface area contributed by atoms with Crippen LogP contribution >= 0.6 is 0 Å². The number of esters is 1. The van der Waals surface area contributed by atoms with Crippen LogP contribution in [0.1, 0.15) is 26.0 Å². The quantitative estimate of drug-likeness (QED) is 0.315. The Hall–Kier alpha value is -3.49. The highest BCUT2D eigenvalue weighted by Gasteiger charge is 2.29. The molecule has 2 atom stereocenters. The third kappa shape index (κ3) is 6.27. The number of amides is 2. The van der Waals surface area contributed by atoms with Gasteiger partial charge in [-0.25, -0.2) is 9.59 Å². The fraction of sp³-hybridized carbons (Fsp3) is 0.350. The summed E-state index contributed by atoms with van der Waals surface area (Å²) in [6.07, 6.45) is 2.29. The molecule has 9 heteroatoms. The minimum Gasteiger partial charge on any atom is -0.425 e. The van der Waals surface area contributed by atoms with Crippen molar-refractivity contribution >= 4 is 17.7 Å². The number of hydrogen-bond donors (Lipinski definition) is 1. The Bertz CT molecular complexity index is 842. The number of ether oxygens (including phenoxy) is 1. The van der Waals surface area contributed by atoms with E-state index in [9.17, 15) is 19.7 Å². The molecular weight excluding hydrogens is 376 g/mol. The SMILES string of the molecule is CC[C@H](C)[C@H](NC(=O)N(C)Cc1ccccn1)C(=O)Oc1ccc([N+](=O)[O-])cc1. The molecule has 0 fully saturated rings. The second kappa shape index (κ2) is 10.2. The van der Waals surface area contributed by atoms with Crippen molar-refractivity contribution in [2.24, 2.45) is 5.92 Å². The number of nitrogens with zero attached hydrogens (tertiary/aromatic N) is 3. The summed E-state index contributed by atoms with van der Waals surface area (Å²) in [7, 11) is 1.61. The van der Waals surface area contributed by atoms with E-state index in [2.05, 4.69) is 10.3 Å². The van der Waals surface area contributed by atoms with Gasteiger partial charge in [0.1, 0.15) is 11.8 Å². The lowest BCUT2D eigenvalue weighted by atomic mass is 9.99. The van der Waals surface area contributed by atoms with E-state index in [-0.39, 0.29) is 23.9 Å². The maximum absolute atomic E-state index is 12.6. The molecule has 0 spiro atoms. The normalized spacial score (nSPS) is 12.5. The molecule has 0 bridgehead atoms. The van der Waals surface area contributed by atoms with E-state index in [1.165, 1.54) is 29.2 Å². The van der Waals surface area contributed by atoms with Crippen molar-refractivity contribution in [3.05, 3.63) is 64.5 Å². The fourth-order valence-corrected chi connectivity index (χ4v) is 2.53. The molecule has 0 aliphatic carbocycles. The number of hydrogen-bond acceptors (Lipinski definition) is 6. The molecule has 2 rings (SSSR count). The molecular formula is C20H24N4O5. The number of carbonyl (C=O) groups excluding carboxylic acids is 2. The van der Waals surface area contributed by atoms with Gasteiger partial charge in [-0.15, -0.1) is 0 Å². The van der Waals surface area contributed by atoms with Crippen molar-refractivity contribution < 1.29 is 19.2 Å². The van der Waals surface area contributed by atoms with Gasteiger partial charge in [0.05, 0.1) is 17.2 Å². The first-order valence-corrected chi connectivity index (χ1v) is 9.19. The number of urea groups is 1. The summed E-state index contributed by atoms with van der Waals surface area (Å²) in [5.74, 6) is -0.634. The van der Waals surface area contributed by atoms with Crippen LogP contribution in [0, 0.1) is 16.0 Å². The molecule has 0 aliphatic heterocycles. The van der Waals surface area contributed by atoms with Crippen molar-refractivity contribution in [3.8, 4) is 5.75 Å². The maximum atomic E-state index is 12.6. The molecule has 29 heavy (non-hydrogen) atoms. The van der Waals surface area contributed by atoms with Gasteiger partial charge in [-0.3, -0.25) is 15.1 Å². The predicted molar refractivity (Wildman–Crippen MR) is 106 cm³/mol. The van der Waals surface area contributed by atoms with E-state index in [1.54, 1.807) is 25.4 Å². The number of rotatable bonds is 8. The molecule has 1 heterocycles. The minimum atomic E-state index is -0.867. The zero-order valence-electron chi connectivity index (χ0n) is 16.6. The Morgan fingerprint density at radius 2 is 1.93 bits per heavy atom. The van der Waals surface area contributed by atoms with Crippen LogP contribution in [0.4, 0.5) is 10.5 Å². The first-order chi connectivity index (χ1) is 13.8. The van der Waals surface area contributed by atoms with Crippen LogP contribution in [-0.4, -0.2) is 39.9 Å². The van der Waals surface area contributed by atoms with Crippen molar-refractivity contribution in [1.29, 1.82) is 0 Å². The second-order valence-corrected chi connectivity index (χ2v) is 6.66. The van der Waals surface area contributed by atoms with Gasteiger partial charge >= 0.3 is 12.0 Å². The van der Waals surface area contributed by atoms with Crippen LogP contribution in [0.3, 0.4) is 0 Å². The van der Waals surface area contributed by atoms with Crippen LogP contribution in [-0.2, 0) is 11.3 Å². The van der Waals surface area contributed by atoms with E-state index in [0.29, 0.717) is 6.42 Å². The lowest BCUT2D eigenvalue weighted by Gasteiger charge is -2.25. The lowest BCUT2D eigenvalue weighted by Crippen LogP contribution is -2.50. The van der Waals surface area contributed by atoms with Gasteiger partial charge in [-0.2, -0.15) is 0 Å². The Morgan fingerprint density at radius 3 is 2.48 bits per heavy atom. The third-order valence-electron chi connectivity index (χ3n) is 4.48. The molecule has 2 aromatic rings. The van der Waals surface area contributed by atoms with E-state index in [0.717, 1.165) is 5.69 Å². The number of carbonyl (C=O) groups is 2. The maximum Gasteiger partial charge on any atom is 0.334 e. The zero-order chi connectivity index (χ0) is 21.4. The van der Waals surface area contributed by atoms with Crippen molar-refractivity contribution in [2.45, 2.75) is 32.9 Å². The number of nitro benzene ring substituents is 1. The van der Waals surface area contributed by atoms with Gasteiger partial charge in [-0.05, 0) is 30.2 Å². The third-order valence-corrected chi connectivity index (χ3v) is 4.48. The molecule has 1 aromatic heterocycles. The van der Waals surface area contributed by atoms with E-state index in [1.807, 2.05) is 19.9 Å². The number of nitrogens with one attached hydrogen (secondary N) is 1. The molecule has 0 saturated heterocycles. The van der Waals surface area contributed by atoms with Gasteiger partial charge in [0.15, 0.2) is 0 Å². The largest absolute Gasteiger partial charge is 0.425 e. The van der Waals surface area contributed by atoms with Gasteiger partial charge in [0, 0.05) is 25.4 Å². The molecule has 0 aliphatic rings. The minimum absolute atomic E-state index is 0.104. The molecule has 9 nitrogen and oxygen atoms in total. The van der Waals surface area contributed by atoms with E-state index in [4.69, 9.17) is 4.74 Å². The molecule has 0 radical (unpaired) electrons. The van der Waals surface area contributed by atoms with Gasteiger partial charge in [0.25, 0.3) is 5.69 Å². The zero-order valence-corrected chi connectivity index (χ0v) is 16.6. The van der Waals surface area contributed by atoms with Crippen molar-refractivity contribution in [1.82, 2.24) is 15.2 Å². The Kier molecular flexibility index (Phi) is 7.64. The Balaban J connectivity index is 2.04. The van der Waals surface area contributed by atoms with E-state index >= 15 is 0 Å². The van der Waals surface area contributed by atoms with Crippen molar-refractivity contribution in [3.63, 3.8) is 0 Å².